The fraction of sp³-hybridized carbons (Fsp3) is 0.385. The zero-order valence-electron chi connectivity index (χ0n) is 31.3. The Balaban J connectivity index is 0.00000308. The molecule has 53 heavy (non-hydrogen) atoms. The molecule has 2 N–H and O–H groups in total. The van der Waals surface area contributed by atoms with E-state index < -0.39 is 44.9 Å². The lowest BCUT2D eigenvalue weighted by Gasteiger charge is -2.38. The van der Waals surface area contributed by atoms with Crippen molar-refractivity contribution in [2.75, 3.05) is 37.2 Å². The lowest BCUT2D eigenvalue weighted by atomic mass is 9.88. The molecule has 0 atom stereocenters. The molecular formula is C39H46FN5O7S. The Labute approximate surface area is 309 Å². The predicted molar refractivity (Wildman–Crippen MR) is 202 cm³/mol. The van der Waals surface area contributed by atoms with Crippen LogP contribution in [0, 0.1) is 17.1 Å². The lowest BCUT2D eigenvalue weighted by molar-refractivity contribution is 0.0176. The van der Waals surface area contributed by atoms with Crippen LogP contribution in [0.4, 0.5) is 14.9 Å². The summed E-state index contributed by atoms with van der Waals surface area (Å²) < 4.78 is 52.7. The molecule has 1 aliphatic rings. The number of hydrogen-bond acceptors (Lipinski definition) is 8. The number of carbonyl (C=O) groups is 3. The number of fused-ring (bicyclic) bond motifs is 1. The van der Waals surface area contributed by atoms with Gasteiger partial charge < -0.3 is 24.7 Å². The summed E-state index contributed by atoms with van der Waals surface area (Å²) in [4.78, 5) is 41.1. The smallest absolute Gasteiger partial charge is 0.410 e. The molecule has 12 nitrogen and oxygen atoms in total. The number of nitrogens with zero attached hydrogens (tertiary/aromatic N) is 3. The Morgan fingerprint density at radius 1 is 1.02 bits per heavy atom. The number of anilines is 1. The summed E-state index contributed by atoms with van der Waals surface area (Å²) in [5, 5.41) is 16.0. The number of rotatable bonds is 8. The fourth-order valence-corrected chi connectivity index (χ4v) is 7.07. The second kappa shape index (κ2) is 16.1. The van der Waals surface area contributed by atoms with Crippen LogP contribution in [0.2, 0.25) is 0 Å². The maximum Gasteiger partial charge on any atom is 0.410 e. The number of ether oxygens (including phenoxy) is 1. The zero-order chi connectivity index (χ0) is 39.3. The largest absolute Gasteiger partial charge is 0.455 e. The molecule has 0 unspecified atom stereocenters. The highest BCUT2D eigenvalue weighted by Gasteiger charge is 2.39. The third-order valence-corrected chi connectivity index (χ3v) is 9.85. The Bertz CT molecular complexity index is 2140. The highest BCUT2D eigenvalue weighted by molar-refractivity contribution is 7.92. The Hall–Kier alpha value is -5.42. The number of hydrogen-bond donors (Lipinski definition) is 2. The summed E-state index contributed by atoms with van der Waals surface area (Å²) in [5.41, 5.74) is 0.209. The second-order valence-electron chi connectivity index (χ2n) is 13.4. The van der Waals surface area contributed by atoms with Gasteiger partial charge in [-0.2, -0.15) is 5.26 Å². The molecule has 4 aromatic rings. The number of carbonyl (C=O) groups excluding carboxylic acids is 3. The number of halogens is 1. The van der Waals surface area contributed by atoms with Crippen LogP contribution in [-0.4, -0.2) is 75.3 Å². The van der Waals surface area contributed by atoms with Crippen LogP contribution >= 0.6 is 0 Å². The number of furan rings is 1. The van der Waals surface area contributed by atoms with E-state index in [0.717, 1.165) is 6.26 Å². The molecule has 1 fully saturated rings. The van der Waals surface area contributed by atoms with Gasteiger partial charge in [0.15, 0.2) is 0 Å². The number of sulfonamides is 1. The first kappa shape index (κ1) is 40.4. The van der Waals surface area contributed by atoms with Crippen LogP contribution in [0.25, 0.3) is 33.4 Å². The molecule has 0 bridgehead atoms. The van der Waals surface area contributed by atoms with Crippen molar-refractivity contribution < 1.29 is 36.3 Å². The van der Waals surface area contributed by atoms with E-state index in [9.17, 15) is 32.5 Å². The van der Waals surface area contributed by atoms with Crippen LogP contribution in [0.5, 0.6) is 0 Å². The summed E-state index contributed by atoms with van der Waals surface area (Å²) in [6.45, 7) is 11.5. The van der Waals surface area contributed by atoms with Gasteiger partial charge in [-0.15, -0.1) is 0 Å². The molecule has 0 radical (unpaired) electrons. The molecule has 3 aromatic carbocycles. The molecule has 5 rings (SSSR count). The van der Waals surface area contributed by atoms with E-state index in [4.69, 9.17) is 9.15 Å². The minimum absolute atomic E-state index is 0.0658. The van der Waals surface area contributed by atoms with Gasteiger partial charge >= 0.3 is 6.09 Å². The maximum absolute atomic E-state index is 13.8. The summed E-state index contributed by atoms with van der Waals surface area (Å²) in [7, 11) is -2.34. The molecule has 0 spiro atoms. The number of likely N-dealkylation sites (tertiary alicyclic amines) is 1. The van der Waals surface area contributed by atoms with E-state index in [1.807, 2.05) is 13.8 Å². The van der Waals surface area contributed by atoms with Crippen LogP contribution in [0.1, 0.15) is 75.1 Å². The molecule has 1 aromatic heterocycles. The fourth-order valence-electron chi connectivity index (χ4n) is 6.09. The molecule has 2 heterocycles. The maximum atomic E-state index is 13.8. The number of benzene rings is 3. The molecule has 3 amide bonds. The molecule has 1 saturated heterocycles. The van der Waals surface area contributed by atoms with E-state index in [2.05, 4.69) is 16.7 Å². The van der Waals surface area contributed by atoms with Gasteiger partial charge in [-0.1, -0.05) is 26.0 Å². The quantitative estimate of drug-likeness (QED) is 0.193. The standard InChI is InChI=1S/C37H40FN5O7S.C2H6/c1-7-43(51(6,47)48)29-21-30-28(31(34(45)40-5)32(49-30)23-11-13-26(38)14-12-23)20-27(29)24-9-8-10-25(19-24)33(44)41-37(22-39)15-17-42(18-16-37)35(46)50-36(2,3)4;1-2/h8-14,19-21H,7,15-18H2,1-6H3,(H,40,45)(H,41,44);1-2H3. The van der Waals surface area contributed by atoms with E-state index in [-0.39, 0.29) is 60.6 Å². The molecule has 1 aliphatic heterocycles. The van der Waals surface area contributed by atoms with Gasteiger partial charge in [-0.05, 0) is 75.7 Å². The highest BCUT2D eigenvalue weighted by Crippen LogP contribution is 2.42. The van der Waals surface area contributed by atoms with Crippen molar-refractivity contribution in [1.29, 1.82) is 5.26 Å². The van der Waals surface area contributed by atoms with E-state index in [0.29, 0.717) is 22.1 Å². The Morgan fingerprint density at radius 2 is 1.66 bits per heavy atom. The first-order valence-corrected chi connectivity index (χ1v) is 19.2. The van der Waals surface area contributed by atoms with Crippen molar-refractivity contribution in [3.05, 3.63) is 77.6 Å². The van der Waals surface area contributed by atoms with Crippen LogP contribution < -0.4 is 14.9 Å². The van der Waals surface area contributed by atoms with Crippen molar-refractivity contribution in [3.8, 4) is 28.5 Å². The molecule has 0 aliphatic carbocycles. The number of nitrogens with one attached hydrogen (secondary N) is 2. The van der Waals surface area contributed by atoms with Gasteiger partial charge in [0.2, 0.25) is 10.0 Å². The van der Waals surface area contributed by atoms with Gasteiger partial charge in [-0.25, -0.2) is 17.6 Å². The summed E-state index contributed by atoms with van der Waals surface area (Å²) in [5.74, 6) is -1.31. The van der Waals surface area contributed by atoms with Crippen molar-refractivity contribution in [1.82, 2.24) is 15.5 Å². The van der Waals surface area contributed by atoms with Crippen molar-refractivity contribution in [2.24, 2.45) is 0 Å². The van der Waals surface area contributed by atoms with Crippen LogP contribution in [-0.2, 0) is 14.8 Å². The van der Waals surface area contributed by atoms with E-state index >= 15 is 0 Å². The molecule has 282 valence electrons. The van der Waals surface area contributed by atoms with E-state index in [1.165, 1.54) is 46.6 Å². The summed E-state index contributed by atoms with van der Waals surface area (Å²) in [6, 6.07) is 17.3. The van der Waals surface area contributed by atoms with Gasteiger partial charge in [0.1, 0.15) is 28.3 Å². The van der Waals surface area contributed by atoms with Crippen molar-refractivity contribution in [2.45, 2.75) is 65.5 Å². The SMILES string of the molecule is CC.CCN(c1cc2oc(-c3ccc(F)cc3)c(C(=O)NC)c2cc1-c1cccc(C(=O)NC2(C#N)CCN(C(=O)OC(C)(C)C)CC2)c1)S(C)(=O)=O. The summed E-state index contributed by atoms with van der Waals surface area (Å²) in [6.07, 6.45) is 0.964. The van der Waals surface area contributed by atoms with Gasteiger partial charge in [0.25, 0.3) is 11.8 Å². The highest BCUT2D eigenvalue weighted by atomic mass is 32.2. The topological polar surface area (TPSA) is 162 Å². The second-order valence-corrected chi connectivity index (χ2v) is 15.3. The van der Waals surface area contributed by atoms with Gasteiger partial charge in [0.05, 0.1) is 23.6 Å². The van der Waals surface area contributed by atoms with Gasteiger partial charge in [0, 0.05) is 67.7 Å². The number of piperidine rings is 1. The first-order chi connectivity index (χ1) is 25.0. The molecular weight excluding hydrogens is 702 g/mol. The van der Waals surface area contributed by atoms with E-state index in [1.54, 1.807) is 58.0 Å². The normalized spacial score (nSPS) is 14.0. The number of nitriles is 1. The number of amides is 3. The monoisotopic (exact) mass is 747 g/mol. The first-order valence-electron chi connectivity index (χ1n) is 17.4. The summed E-state index contributed by atoms with van der Waals surface area (Å²) >= 11 is 0. The van der Waals surface area contributed by atoms with Gasteiger partial charge in [-0.3, -0.25) is 13.9 Å². The lowest BCUT2D eigenvalue weighted by Crippen LogP contribution is -2.55. The third kappa shape index (κ3) is 8.97. The van der Waals surface area contributed by atoms with Crippen molar-refractivity contribution in [3.63, 3.8) is 0 Å². The third-order valence-electron chi connectivity index (χ3n) is 8.59. The molecule has 0 saturated carbocycles. The Kier molecular flexibility index (Phi) is 12.2. The minimum atomic E-state index is -3.81. The average Bonchev–Trinajstić information content (AvgIpc) is 3.49. The minimum Gasteiger partial charge on any atom is -0.455 e. The predicted octanol–water partition coefficient (Wildman–Crippen LogP) is 7.10. The average molecular weight is 748 g/mol. The Morgan fingerprint density at radius 3 is 2.21 bits per heavy atom. The molecule has 14 heteroatoms. The van der Waals surface area contributed by atoms with Crippen molar-refractivity contribution >= 4 is 44.6 Å². The van der Waals surface area contributed by atoms with Crippen LogP contribution in [0.15, 0.2) is 65.1 Å². The zero-order valence-corrected chi connectivity index (χ0v) is 32.1. The van der Waals surface area contributed by atoms with Crippen LogP contribution in [0.3, 0.4) is 0 Å².